The predicted octanol–water partition coefficient (Wildman–Crippen LogP) is 2.58. The Bertz CT molecular complexity index is 830. The first-order chi connectivity index (χ1) is 11.2. The zero-order valence-electron chi connectivity index (χ0n) is 12.4. The van der Waals surface area contributed by atoms with Crippen molar-refractivity contribution < 1.29 is 0 Å². The Balaban J connectivity index is 1.68. The molecular formula is C15H14ClN7. The van der Waals surface area contributed by atoms with Crippen LogP contribution in [-0.4, -0.2) is 43.7 Å². The zero-order chi connectivity index (χ0) is 15.8. The molecule has 4 rings (SSSR count). The summed E-state index contributed by atoms with van der Waals surface area (Å²) in [6, 6.07) is 8.41. The molecule has 0 aliphatic heterocycles. The SMILES string of the molecule is CN(c1ccc(-c2cc(-c3nn[nH]n3)ncn2)cc1Cl)C1CC1. The second-order valence-electron chi connectivity index (χ2n) is 5.53. The topological polar surface area (TPSA) is 83.5 Å². The molecule has 8 heteroatoms. The van der Waals surface area contributed by atoms with Gasteiger partial charge in [-0.05, 0) is 36.3 Å². The van der Waals surface area contributed by atoms with Crippen LogP contribution in [0, 0.1) is 0 Å². The van der Waals surface area contributed by atoms with Crippen LogP contribution in [0.25, 0.3) is 22.8 Å². The van der Waals surface area contributed by atoms with Crippen molar-refractivity contribution in [3.05, 3.63) is 35.6 Å². The molecular weight excluding hydrogens is 314 g/mol. The summed E-state index contributed by atoms with van der Waals surface area (Å²) in [7, 11) is 2.08. The Kier molecular flexibility index (Phi) is 3.42. The summed E-state index contributed by atoms with van der Waals surface area (Å²) in [6.07, 6.45) is 3.95. The van der Waals surface area contributed by atoms with Gasteiger partial charge in [0.25, 0.3) is 0 Å². The van der Waals surface area contributed by atoms with Crippen molar-refractivity contribution in [2.24, 2.45) is 0 Å². The quantitative estimate of drug-likeness (QED) is 0.793. The van der Waals surface area contributed by atoms with Crippen molar-refractivity contribution in [3.8, 4) is 22.8 Å². The number of hydrogen-bond donors (Lipinski definition) is 1. The molecule has 3 aromatic rings. The molecule has 2 heterocycles. The van der Waals surface area contributed by atoms with Crippen LogP contribution in [0.4, 0.5) is 5.69 Å². The molecule has 2 aromatic heterocycles. The van der Waals surface area contributed by atoms with E-state index in [2.05, 4.69) is 42.5 Å². The van der Waals surface area contributed by atoms with E-state index in [1.807, 2.05) is 24.3 Å². The third-order valence-corrected chi connectivity index (χ3v) is 4.26. The minimum Gasteiger partial charge on any atom is -0.370 e. The van der Waals surface area contributed by atoms with Crippen LogP contribution >= 0.6 is 11.6 Å². The summed E-state index contributed by atoms with van der Waals surface area (Å²) in [4.78, 5) is 10.7. The molecule has 1 aliphatic rings. The Hall–Kier alpha value is -2.54. The predicted molar refractivity (Wildman–Crippen MR) is 87.1 cm³/mol. The Morgan fingerprint density at radius 2 is 2.00 bits per heavy atom. The lowest BCUT2D eigenvalue weighted by molar-refractivity contribution is 0.881. The van der Waals surface area contributed by atoms with Gasteiger partial charge in [-0.2, -0.15) is 5.21 Å². The maximum absolute atomic E-state index is 6.46. The highest BCUT2D eigenvalue weighted by atomic mass is 35.5. The van der Waals surface area contributed by atoms with Crippen molar-refractivity contribution in [2.45, 2.75) is 18.9 Å². The Morgan fingerprint density at radius 3 is 2.70 bits per heavy atom. The third-order valence-electron chi connectivity index (χ3n) is 3.96. The number of aromatic nitrogens is 6. The molecule has 1 N–H and O–H groups in total. The smallest absolute Gasteiger partial charge is 0.223 e. The van der Waals surface area contributed by atoms with Gasteiger partial charge in [0.2, 0.25) is 5.82 Å². The molecule has 0 atom stereocenters. The normalized spacial score (nSPS) is 14.0. The van der Waals surface area contributed by atoms with Crippen LogP contribution in [0.15, 0.2) is 30.6 Å². The van der Waals surface area contributed by atoms with Gasteiger partial charge in [-0.3, -0.25) is 0 Å². The number of halogens is 1. The van der Waals surface area contributed by atoms with Gasteiger partial charge >= 0.3 is 0 Å². The first kappa shape index (κ1) is 14.1. The molecule has 7 nitrogen and oxygen atoms in total. The van der Waals surface area contributed by atoms with E-state index in [1.165, 1.54) is 19.2 Å². The zero-order valence-corrected chi connectivity index (χ0v) is 13.2. The number of nitrogens with one attached hydrogen (secondary N) is 1. The highest BCUT2D eigenvalue weighted by Gasteiger charge is 2.27. The van der Waals surface area contributed by atoms with Gasteiger partial charge in [0.15, 0.2) is 0 Å². The standard InChI is InChI=1S/C15H14ClN7/c1-23(10-3-4-10)14-5-2-9(6-11(14)16)12-7-13(18-8-17-12)15-19-21-22-20-15/h2,5-8,10H,3-4H2,1H3,(H,19,20,21,22). The lowest BCUT2D eigenvalue weighted by Crippen LogP contribution is -2.19. The van der Waals surface area contributed by atoms with E-state index < -0.39 is 0 Å². The lowest BCUT2D eigenvalue weighted by atomic mass is 10.1. The average molecular weight is 328 g/mol. The van der Waals surface area contributed by atoms with Crippen molar-refractivity contribution in [3.63, 3.8) is 0 Å². The summed E-state index contributed by atoms with van der Waals surface area (Å²) in [5, 5.41) is 14.5. The molecule has 1 aromatic carbocycles. The number of aromatic amines is 1. The Morgan fingerprint density at radius 1 is 1.17 bits per heavy atom. The van der Waals surface area contributed by atoms with Gasteiger partial charge < -0.3 is 4.90 Å². The molecule has 0 spiro atoms. The van der Waals surface area contributed by atoms with E-state index in [0.29, 0.717) is 17.6 Å². The lowest BCUT2D eigenvalue weighted by Gasteiger charge is -2.20. The maximum Gasteiger partial charge on any atom is 0.223 e. The third kappa shape index (κ3) is 2.75. The molecule has 0 unspecified atom stereocenters. The average Bonchev–Trinajstić information content (AvgIpc) is 3.28. The molecule has 116 valence electrons. The van der Waals surface area contributed by atoms with Gasteiger partial charge in [0.05, 0.1) is 16.4 Å². The molecule has 0 saturated heterocycles. The fourth-order valence-corrected chi connectivity index (χ4v) is 2.83. The second-order valence-corrected chi connectivity index (χ2v) is 5.94. The number of nitrogens with zero attached hydrogens (tertiary/aromatic N) is 6. The van der Waals surface area contributed by atoms with Gasteiger partial charge in [-0.25, -0.2) is 9.97 Å². The monoisotopic (exact) mass is 327 g/mol. The van der Waals surface area contributed by atoms with Crippen molar-refractivity contribution in [1.82, 2.24) is 30.6 Å². The summed E-state index contributed by atoms with van der Waals surface area (Å²) in [5.41, 5.74) is 3.35. The fourth-order valence-electron chi connectivity index (χ4n) is 2.52. The van der Waals surface area contributed by atoms with Gasteiger partial charge in [0, 0.05) is 18.7 Å². The molecule has 0 bridgehead atoms. The summed E-state index contributed by atoms with van der Waals surface area (Å²) < 4.78 is 0. The van der Waals surface area contributed by atoms with Crippen molar-refractivity contribution in [1.29, 1.82) is 0 Å². The van der Waals surface area contributed by atoms with Crippen LogP contribution in [-0.2, 0) is 0 Å². The molecule has 1 saturated carbocycles. The highest BCUT2D eigenvalue weighted by molar-refractivity contribution is 6.33. The van der Waals surface area contributed by atoms with Crippen LogP contribution in [0.5, 0.6) is 0 Å². The van der Waals surface area contributed by atoms with Crippen molar-refractivity contribution in [2.75, 3.05) is 11.9 Å². The number of hydrogen-bond acceptors (Lipinski definition) is 6. The fraction of sp³-hybridized carbons (Fsp3) is 0.267. The Labute approximate surface area is 137 Å². The van der Waals surface area contributed by atoms with Gasteiger partial charge in [-0.15, -0.1) is 10.2 Å². The minimum absolute atomic E-state index is 0.435. The molecule has 23 heavy (non-hydrogen) atoms. The van der Waals surface area contributed by atoms with Gasteiger partial charge in [0.1, 0.15) is 12.0 Å². The number of anilines is 1. The van der Waals surface area contributed by atoms with E-state index in [1.54, 1.807) is 0 Å². The van der Waals surface area contributed by atoms with Crippen LogP contribution in [0.3, 0.4) is 0 Å². The number of H-pyrrole nitrogens is 1. The van der Waals surface area contributed by atoms with Crippen LogP contribution < -0.4 is 4.90 Å². The van der Waals surface area contributed by atoms with Crippen LogP contribution in [0.1, 0.15) is 12.8 Å². The molecule has 1 fully saturated rings. The summed E-state index contributed by atoms with van der Waals surface area (Å²) in [6.45, 7) is 0. The van der Waals surface area contributed by atoms with E-state index in [-0.39, 0.29) is 0 Å². The minimum atomic E-state index is 0.435. The molecule has 1 aliphatic carbocycles. The van der Waals surface area contributed by atoms with E-state index in [9.17, 15) is 0 Å². The van der Waals surface area contributed by atoms with E-state index in [0.717, 1.165) is 22.0 Å². The second kappa shape index (κ2) is 5.58. The maximum atomic E-state index is 6.46. The number of rotatable bonds is 4. The molecule has 0 amide bonds. The van der Waals surface area contributed by atoms with E-state index >= 15 is 0 Å². The van der Waals surface area contributed by atoms with Crippen molar-refractivity contribution >= 4 is 17.3 Å². The van der Waals surface area contributed by atoms with Gasteiger partial charge in [-0.1, -0.05) is 17.7 Å². The first-order valence-electron chi connectivity index (χ1n) is 7.31. The largest absolute Gasteiger partial charge is 0.370 e. The highest BCUT2D eigenvalue weighted by Crippen LogP contribution is 2.36. The van der Waals surface area contributed by atoms with E-state index in [4.69, 9.17) is 11.6 Å². The molecule has 0 radical (unpaired) electrons. The number of benzene rings is 1. The summed E-state index contributed by atoms with van der Waals surface area (Å²) in [5.74, 6) is 0.435. The summed E-state index contributed by atoms with van der Waals surface area (Å²) >= 11 is 6.46. The number of tetrazole rings is 1. The first-order valence-corrected chi connectivity index (χ1v) is 7.69. The van der Waals surface area contributed by atoms with Crippen LogP contribution in [0.2, 0.25) is 5.02 Å².